The second kappa shape index (κ2) is 8.98. The molecule has 8 aromatic rings. The zero-order valence-corrected chi connectivity index (χ0v) is 22.5. The number of aryl methyl sites for hydroxylation is 1. The fourth-order valence-electron chi connectivity index (χ4n) is 6.45. The maximum Gasteiger partial charge on any atom is 0.101 e. The molecule has 0 atom stereocenters. The second-order valence-electron chi connectivity index (χ2n) is 10.6. The summed E-state index contributed by atoms with van der Waals surface area (Å²) in [6.07, 6.45) is 0. The predicted molar refractivity (Wildman–Crippen MR) is 170 cm³/mol. The van der Waals surface area contributed by atoms with Gasteiger partial charge in [-0.1, -0.05) is 78.9 Å². The average molecular weight is 524 g/mol. The highest BCUT2D eigenvalue weighted by Gasteiger charge is 2.18. The normalized spacial score (nSPS) is 11.5. The molecule has 2 aromatic heterocycles. The molecule has 0 aliphatic heterocycles. The molecule has 0 unspecified atom stereocenters. The lowest BCUT2D eigenvalue weighted by atomic mass is 10.0. The Kier molecular flexibility index (Phi) is 5.10. The Labute approximate surface area is 237 Å². The SMILES string of the molecule is Cc1cccc(C#N)c1-n1c2ccccc2c2cc(-c3ccc4c(c3)c3ccccc3n4-c3ccccc3)ccc21. The molecular weight excluding hydrogens is 498 g/mol. The lowest BCUT2D eigenvalue weighted by Gasteiger charge is -2.13. The molecule has 0 radical (unpaired) electrons. The highest BCUT2D eigenvalue weighted by Crippen LogP contribution is 2.39. The van der Waals surface area contributed by atoms with E-state index in [4.69, 9.17) is 0 Å². The van der Waals surface area contributed by atoms with Gasteiger partial charge < -0.3 is 9.13 Å². The van der Waals surface area contributed by atoms with Crippen molar-refractivity contribution in [3.63, 3.8) is 0 Å². The van der Waals surface area contributed by atoms with Gasteiger partial charge in [0.1, 0.15) is 6.07 Å². The summed E-state index contributed by atoms with van der Waals surface area (Å²) >= 11 is 0. The van der Waals surface area contributed by atoms with Gasteiger partial charge >= 0.3 is 0 Å². The van der Waals surface area contributed by atoms with Crippen LogP contribution in [0.4, 0.5) is 0 Å². The molecule has 0 amide bonds. The van der Waals surface area contributed by atoms with Gasteiger partial charge in [-0.05, 0) is 78.2 Å². The standard InChI is InChI=1S/C38H25N3/c1-25-10-9-11-28(24-39)38(25)41-35-17-8-6-15-31(35)33-23-27(19-21-37(33)41)26-18-20-36-32(22-26)30-14-5-7-16-34(30)40(36)29-12-3-2-4-13-29/h2-23H,1H3. The highest BCUT2D eigenvalue weighted by atomic mass is 15.0. The molecule has 192 valence electrons. The van der Waals surface area contributed by atoms with Crippen molar-refractivity contribution >= 4 is 43.6 Å². The topological polar surface area (TPSA) is 33.6 Å². The predicted octanol–water partition coefficient (Wildman–Crippen LogP) is 9.73. The van der Waals surface area contributed by atoms with Gasteiger partial charge in [0.15, 0.2) is 0 Å². The minimum absolute atomic E-state index is 0.678. The van der Waals surface area contributed by atoms with Gasteiger partial charge in [-0.3, -0.25) is 0 Å². The quantitative estimate of drug-likeness (QED) is 0.227. The number of nitriles is 1. The summed E-state index contributed by atoms with van der Waals surface area (Å²) in [4.78, 5) is 0. The average Bonchev–Trinajstić information content (AvgIpc) is 3.53. The summed E-state index contributed by atoms with van der Waals surface area (Å²) in [7, 11) is 0. The third-order valence-corrected chi connectivity index (χ3v) is 8.27. The first-order chi connectivity index (χ1) is 20.2. The van der Waals surface area contributed by atoms with Crippen LogP contribution in [0.15, 0.2) is 133 Å². The summed E-state index contributed by atoms with van der Waals surface area (Å²) in [6, 6.07) is 49.5. The molecular formula is C38H25N3. The van der Waals surface area contributed by atoms with Crippen molar-refractivity contribution in [1.29, 1.82) is 5.26 Å². The van der Waals surface area contributed by atoms with Crippen LogP contribution < -0.4 is 0 Å². The van der Waals surface area contributed by atoms with E-state index in [0.717, 1.165) is 28.0 Å². The van der Waals surface area contributed by atoms with Crippen LogP contribution in [-0.4, -0.2) is 9.13 Å². The number of hydrogen-bond acceptors (Lipinski definition) is 1. The molecule has 0 spiro atoms. The van der Waals surface area contributed by atoms with Crippen molar-refractivity contribution < 1.29 is 0 Å². The summed E-state index contributed by atoms with van der Waals surface area (Å²) in [6.45, 7) is 2.08. The van der Waals surface area contributed by atoms with Gasteiger partial charge in [0.2, 0.25) is 0 Å². The summed E-state index contributed by atoms with van der Waals surface area (Å²) in [5.74, 6) is 0. The zero-order chi connectivity index (χ0) is 27.5. The lowest BCUT2D eigenvalue weighted by Crippen LogP contribution is -2.00. The monoisotopic (exact) mass is 523 g/mol. The van der Waals surface area contributed by atoms with Crippen molar-refractivity contribution in [3.8, 4) is 28.6 Å². The van der Waals surface area contributed by atoms with E-state index in [1.807, 2.05) is 12.1 Å². The highest BCUT2D eigenvalue weighted by molar-refractivity contribution is 6.12. The summed E-state index contributed by atoms with van der Waals surface area (Å²) in [5.41, 5.74) is 10.8. The lowest BCUT2D eigenvalue weighted by molar-refractivity contribution is 1.14. The Morgan fingerprint density at radius 2 is 1.02 bits per heavy atom. The van der Waals surface area contributed by atoms with Gasteiger partial charge in [0.05, 0.1) is 33.3 Å². The molecule has 41 heavy (non-hydrogen) atoms. The number of fused-ring (bicyclic) bond motifs is 6. The van der Waals surface area contributed by atoms with Crippen molar-refractivity contribution in [1.82, 2.24) is 9.13 Å². The van der Waals surface area contributed by atoms with Gasteiger partial charge in [0.25, 0.3) is 0 Å². The molecule has 0 fully saturated rings. The van der Waals surface area contributed by atoms with E-state index in [9.17, 15) is 5.26 Å². The summed E-state index contributed by atoms with van der Waals surface area (Å²) < 4.78 is 4.60. The Morgan fingerprint density at radius 3 is 1.66 bits per heavy atom. The smallest absolute Gasteiger partial charge is 0.101 e. The first-order valence-corrected chi connectivity index (χ1v) is 13.9. The van der Waals surface area contributed by atoms with E-state index >= 15 is 0 Å². The number of hydrogen-bond donors (Lipinski definition) is 0. The molecule has 3 nitrogen and oxygen atoms in total. The van der Waals surface area contributed by atoms with Crippen LogP contribution in [0.3, 0.4) is 0 Å². The zero-order valence-electron chi connectivity index (χ0n) is 22.5. The Hall–Kier alpha value is -5.59. The van der Waals surface area contributed by atoms with Crippen LogP contribution in [0.25, 0.3) is 66.1 Å². The molecule has 3 heteroatoms. The van der Waals surface area contributed by atoms with Crippen molar-refractivity contribution in [2.45, 2.75) is 6.92 Å². The Balaban J connectivity index is 1.37. The van der Waals surface area contributed by atoms with Crippen LogP contribution in [0.1, 0.15) is 11.1 Å². The van der Waals surface area contributed by atoms with Crippen LogP contribution in [0.5, 0.6) is 0 Å². The van der Waals surface area contributed by atoms with Gasteiger partial charge in [-0.25, -0.2) is 0 Å². The van der Waals surface area contributed by atoms with Gasteiger partial charge in [0, 0.05) is 27.2 Å². The molecule has 0 N–H and O–H groups in total. The number of aromatic nitrogens is 2. The molecule has 0 bridgehead atoms. The molecule has 2 heterocycles. The fraction of sp³-hybridized carbons (Fsp3) is 0.0263. The van der Waals surface area contributed by atoms with E-state index < -0.39 is 0 Å². The molecule has 0 aliphatic carbocycles. The number of nitrogens with zero attached hydrogens (tertiary/aromatic N) is 3. The van der Waals surface area contributed by atoms with E-state index in [0.29, 0.717) is 5.56 Å². The minimum Gasteiger partial charge on any atom is -0.309 e. The van der Waals surface area contributed by atoms with Crippen molar-refractivity contribution in [2.24, 2.45) is 0 Å². The Bertz CT molecular complexity index is 2330. The van der Waals surface area contributed by atoms with Crippen molar-refractivity contribution in [2.75, 3.05) is 0 Å². The number of rotatable bonds is 3. The first kappa shape index (κ1) is 23.3. The molecule has 8 rings (SSSR count). The third kappa shape index (κ3) is 3.45. The van der Waals surface area contributed by atoms with Gasteiger partial charge in [-0.2, -0.15) is 5.26 Å². The van der Waals surface area contributed by atoms with Crippen LogP contribution in [0, 0.1) is 18.3 Å². The number of benzene rings is 6. The second-order valence-corrected chi connectivity index (χ2v) is 10.6. The summed E-state index contributed by atoms with van der Waals surface area (Å²) in [5, 5.41) is 14.8. The molecule has 0 saturated heterocycles. The fourth-order valence-corrected chi connectivity index (χ4v) is 6.45. The van der Waals surface area contributed by atoms with Crippen LogP contribution >= 0.6 is 0 Å². The van der Waals surface area contributed by atoms with Crippen LogP contribution in [-0.2, 0) is 0 Å². The van der Waals surface area contributed by atoms with E-state index in [-0.39, 0.29) is 0 Å². The molecule has 6 aromatic carbocycles. The molecule has 0 aliphatic rings. The first-order valence-electron chi connectivity index (χ1n) is 13.9. The Morgan fingerprint density at radius 1 is 0.488 bits per heavy atom. The van der Waals surface area contributed by atoms with E-state index in [2.05, 4.69) is 143 Å². The van der Waals surface area contributed by atoms with Gasteiger partial charge in [-0.15, -0.1) is 0 Å². The largest absolute Gasteiger partial charge is 0.309 e. The van der Waals surface area contributed by atoms with Crippen molar-refractivity contribution in [3.05, 3.63) is 145 Å². The maximum atomic E-state index is 9.95. The van der Waals surface area contributed by atoms with E-state index in [1.165, 1.54) is 43.7 Å². The van der Waals surface area contributed by atoms with E-state index in [1.54, 1.807) is 0 Å². The minimum atomic E-state index is 0.678. The third-order valence-electron chi connectivity index (χ3n) is 8.27. The van der Waals surface area contributed by atoms with Crippen LogP contribution in [0.2, 0.25) is 0 Å². The maximum absolute atomic E-state index is 9.95. The number of para-hydroxylation sites is 4. The molecule has 0 saturated carbocycles.